The van der Waals surface area contributed by atoms with Crippen LogP contribution in [-0.4, -0.2) is 15.0 Å². The summed E-state index contributed by atoms with van der Waals surface area (Å²) < 4.78 is 12.7. The van der Waals surface area contributed by atoms with Gasteiger partial charge in [-0.1, -0.05) is 0 Å². The van der Waals surface area contributed by atoms with Crippen molar-refractivity contribution in [3.8, 4) is 0 Å². The fourth-order valence-electron chi connectivity index (χ4n) is 1.08. The van der Waals surface area contributed by atoms with Crippen LogP contribution in [0.25, 0.3) is 0 Å². The molecule has 1 N–H and O–H groups in total. The van der Waals surface area contributed by atoms with E-state index in [1.807, 2.05) is 12.3 Å². The number of halogens is 1. The molecule has 2 heterocycles. The zero-order chi connectivity index (χ0) is 10.7. The maximum Gasteiger partial charge on any atom is 0.217 e. The van der Waals surface area contributed by atoms with Crippen molar-refractivity contribution in [1.82, 2.24) is 15.0 Å². The Kier molecular flexibility index (Phi) is 2.86. The number of hydrogen-bond donors (Lipinski definition) is 1. The molecule has 0 bridgehead atoms. The molecule has 0 radical (unpaired) electrons. The fourth-order valence-corrected chi connectivity index (χ4v) is 1.79. The highest BCUT2D eigenvalue weighted by Gasteiger charge is 2.00. The van der Waals surface area contributed by atoms with Crippen LogP contribution in [0, 0.1) is 12.9 Å². The Balaban J connectivity index is 1.99. The minimum absolute atomic E-state index is 0.468. The second-order valence-corrected chi connectivity index (χ2v) is 3.90. The van der Waals surface area contributed by atoms with Crippen LogP contribution in [0.5, 0.6) is 0 Å². The molecule has 0 fully saturated rings. The van der Waals surface area contributed by atoms with Crippen LogP contribution in [0.1, 0.15) is 10.7 Å². The Morgan fingerprint density at radius 1 is 1.47 bits per heavy atom. The van der Waals surface area contributed by atoms with Crippen molar-refractivity contribution in [2.45, 2.75) is 13.5 Å². The van der Waals surface area contributed by atoms with Gasteiger partial charge in [0.15, 0.2) is 0 Å². The van der Waals surface area contributed by atoms with E-state index in [9.17, 15) is 4.39 Å². The van der Waals surface area contributed by atoms with Crippen LogP contribution in [-0.2, 0) is 6.54 Å². The van der Waals surface area contributed by atoms with Crippen molar-refractivity contribution < 1.29 is 4.39 Å². The second kappa shape index (κ2) is 4.31. The van der Waals surface area contributed by atoms with E-state index < -0.39 is 5.95 Å². The van der Waals surface area contributed by atoms with Crippen LogP contribution >= 0.6 is 11.3 Å². The van der Waals surface area contributed by atoms with E-state index >= 15 is 0 Å². The molecule has 0 aliphatic carbocycles. The van der Waals surface area contributed by atoms with Gasteiger partial charge in [-0.2, -0.15) is 4.39 Å². The zero-order valence-electron chi connectivity index (χ0n) is 8.07. The number of hydrogen-bond acceptors (Lipinski definition) is 5. The minimum Gasteiger partial charge on any atom is -0.363 e. The van der Waals surface area contributed by atoms with Gasteiger partial charge in [-0.05, 0) is 6.92 Å². The maximum absolute atomic E-state index is 12.7. The number of nitrogens with one attached hydrogen (secondary N) is 1. The lowest BCUT2D eigenvalue weighted by Crippen LogP contribution is -2.01. The molecule has 0 atom stereocenters. The van der Waals surface area contributed by atoms with Crippen molar-refractivity contribution in [3.05, 3.63) is 34.4 Å². The largest absolute Gasteiger partial charge is 0.363 e. The van der Waals surface area contributed by atoms with Crippen molar-refractivity contribution >= 4 is 17.2 Å². The van der Waals surface area contributed by atoms with Gasteiger partial charge in [0, 0.05) is 17.1 Å². The molecular formula is C9H9FN4S. The average Bonchev–Trinajstić information content (AvgIpc) is 2.62. The first-order chi connectivity index (χ1) is 7.24. The molecule has 6 heteroatoms. The number of anilines is 1. The average molecular weight is 224 g/mol. The summed E-state index contributed by atoms with van der Waals surface area (Å²) in [5.74, 6) is -0.0711. The van der Waals surface area contributed by atoms with E-state index in [0.29, 0.717) is 12.4 Å². The summed E-state index contributed by atoms with van der Waals surface area (Å²) in [4.78, 5) is 11.5. The summed E-state index contributed by atoms with van der Waals surface area (Å²) in [6, 6.07) is 1.25. The third-order valence-electron chi connectivity index (χ3n) is 1.72. The monoisotopic (exact) mass is 224 g/mol. The van der Waals surface area contributed by atoms with Gasteiger partial charge in [-0.25, -0.2) is 15.0 Å². The van der Waals surface area contributed by atoms with E-state index in [1.165, 1.54) is 12.4 Å². The van der Waals surface area contributed by atoms with Crippen LogP contribution in [0.15, 0.2) is 17.8 Å². The van der Waals surface area contributed by atoms with Gasteiger partial charge in [-0.3, -0.25) is 0 Å². The molecule has 15 heavy (non-hydrogen) atoms. The third-order valence-corrected chi connectivity index (χ3v) is 2.69. The summed E-state index contributed by atoms with van der Waals surface area (Å²) in [5.41, 5.74) is 0.991. The Hall–Kier alpha value is -1.56. The zero-order valence-corrected chi connectivity index (χ0v) is 8.88. The van der Waals surface area contributed by atoms with E-state index in [-0.39, 0.29) is 0 Å². The van der Waals surface area contributed by atoms with Gasteiger partial charge in [0.05, 0.1) is 6.54 Å². The highest BCUT2D eigenvalue weighted by molar-refractivity contribution is 7.09. The molecule has 0 amide bonds. The summed E-state index contributed by atoms with van der Waals surface area (Å²) in [5, 5.41) is 5.89. The molecule has 0 aromatic carbocycles. The van der Waals surface area contributed by atoms with Crippen molar-refractivity contribution in [2.75, 3.05) is 5.32 Å². The number of nitrogens with zero attached hydrogens (tertiary/aromatic N) is 3. The van der Waals surface area contributed by atoms with Crippen molar-refractivity contribution in [2.24, 2.45) is 0 Å². The van der Waals surface area contributed by atoms with Gasteiger partial charge in [0.2, 0.25) is 5.95 Å². The quantitative estimate of drug-likeness (QED) is 0.810. The third kappa shape index (κ3) is 2.69. The molecule has 2 rings (SSSR count). The van der Waals surface area contributed by atoms with E-state index in [0.717, 1.165) is 10.7 Å². The minimum atomic E-state index is -0.539. The Bertz CT molecular complexity index is 457. The molecule has 0 unspecified atom stereocenters. The van der Waals surface area contributed by atoms with Gasteiger partial charge < -0.3 is 5.32 Å². The topological polar surface area (TPSA) is 50.7 Å². The summed E-state index contributed by atoms with van der Waals surface area (Å²) in [6.45, 7) is 2.49. The van der Waals surface area contributed by atoms with Crippen molar-refractivity contribution in [1.29, 1.82) is 0 Å². The molecule has 0 spiro atoms. The SMILES string of the molecule is Cc1csc(CNc2cc(F)ncn2)n1. The van der Waals surface area contributed by atoms with Crippen LogP contribution in [0.2, 0.25) is 0 Å². The Labute approximate surface area is 90.2 Å². The van der Waals surface area contributed by atoms with E-state index in [4.69, 9.17) is 0 Å². The first-order valence-corrected chi connectivity index (χ1v) is 5.24. The lowest BCUT2D eigenvalue weighted by molar-refractivity contribution is 0.580. The number of rotatable bonds is 3. The molecular weight excluding hydrogens is 215 g/mol. The van der Waals surface area contributed by atoms with Gasteiger partial charge >= 0.3 is 0 Å². The first kappa shape index (κ1) is 9.97. The van der Waals surface area contributed by atoms with E-state index in [1.54, 1.807) is 11.3 Å². The van der Waals surface area contributed by atoms with Crippen LogP contribution in [0.4, 0.5) is 10.2 Å². The van der Waals surface area contributed by atoms with Crippen molar-refractivity contribution in [3.63, 3.8) is 0 Å². The predicted molar refractivity (Wildman–Crippen MR) is 56.2 cm³/mol. The smallest absolute Gasteiger partial charge is 0.217 e. The number of aryl methyl sites for hydroxylation is 1. The molecule has 2 aromatic rings. The van der Waals surface area contributed by atoms with Gasteiger partial charge in [0.1, 0.15) is 17.2 Å². The standard InChI is InChI=1S/C9H9FN4S/c1-6-4-15-9(14-6)3-11-8-2-7(10)12-5-13-8/h2,4-5H,3H2,1H3,(H,11,12,13). The summed E-state index contributed by atoms with van der Waals surface area (Å²) in [6.07, 6.45) is 1.19. The molecule has 2 aromatic heterocycles. The summed E-state index contributed by atoms with van der Waals surface area (Å²) >= 11 is 1.56. The Morgan fingerprint density at radius 3 is 3.00 bits per heavy atom. The fraction of sp³-hybridized carbons (Fsp3) is 0.222. The van der Waals surface area contributed by atoms with Gasteiger partial charge in [-0.15, -0.1) is 11.3 Å². The van der Waals surface area contributed by atoms with Gasteiger partial charge in [0.25, 0.3) is 0 Å². The summed E-state index contributed by atoms with van der Waals surface area (Å²) in [7, 11) is 0. The molecule has 0 saturated carbocycles. The lowest BCUT2D eigenvalue weighted by Gasteiger charge is -2.01. The highest BCUT2D eigenvalue weighted by atomic mass is 32.1. The molecule has 4 nitrogen and oxygen atoms in total. The normalized spacial score (nSPS) is 10.3. The molecule has 0 saturated heterocycles. The predicted octanol–water partition coefficient (Wildman–Crippen LogP) is 1.99. The van der Waals surface area contributed by atoms with E-state index in [2.05, 4.69) is 20.3 Å². The van der Waals surface area contributed by atoms with Crippen LogP contribution in [0.3, 0.4) is 0 Å². The molecule has 0 aliphatic rings. The molecule has 0 aliphatic heterocycles. The Morgan fingerprint density at radius 2 is 2.33 bits per heavy atom. The second-order valence-electron chi connectivity index (χ2n) is 2.96. The maximum atomic E-state index is 12.7. The lowest BCUT2D eigenvalue weighted by atomic mass is 10.5. The number of thiazole rings is 1. The highest BCUT2D eigenvalue weighted by Crippen LogP contribution is 2.11. The molecule has 78 valence electrons. The number of aromatic nitrogens is 3. The first-order valence-electron chi connectivity index (χ1n) is 4.36. The van der Waals surface area contributed by atoms with Crippen LogP contribution < -0.4 is 5.32 Å².